The Morgan fingerprint density at radius 2 is 2.09 bits per heavy atom. The molecule has 0 saturated heterocycles. The van der Waals surface area contributed by atoms with E-state index in [1.54, 1.807) is 0 Å². The minimum absolute atomic E-state index is 0.0919. The van der Waals surface area contributed by atoms with Crippen LogP contribution >= 0.6 is 11.6 Å². The molecule has 2 rings (SSSR count). The first-order valence-electron chi connectivity index (χ1n) is 7.63. The van der Waals surface area contributed by atoms with Gasteiger partial charge in [0.2, 0.25) is 15.9 Å². The van der Waals surface area contributed by atoms with E-state index in [-0.39, 0.29) is 15.8 Å². The topological polar surface area (TPSA) is 75.3 Å². The molecule has 0 spiro atoms. The number of nitrogens with one attached hydrogen (secondary N) is 2. The third-order valence-corrected chi connectivity index (χ3v) is 5.46. The van der Waals surface area contributed by atoms with Gasteiger partial charge < -0.3 is 5.32 Å². The summed E-state index contributed by atoms with van der Waals surface area (Å²) in [5.41, 5.74) is 1.71. The van der Waals surface area contributed by atoms with E-state index < -0.39 is 10.0 Å². The summed E-state index contributed by atoms with van der Waals surface area (Å²) >= 11 is 6.02. The van der Waals surface area contributed by atoms with Crippen LogP contribution in [0.3, 0.4) is 0 Å². The molecule has 0 fully saturated rings. The third kappa shape index (κ3) is 5.34. The van der Waals surface area contributed by atoms with Crippen LogP contribution in [0.2, 0.25) is 5.02 Å². The molecule has 0 radical (unpaired) electrons. The maximum absolute atomic E-state index is 12.3. The lowest BCUT2D eigenvalue weighted by Crippen LogP contribution is -2.25. The smallest absolute Gasteiger partial charge is 0.240 e. The molecular weight excluding hydrogens is 336 g/mol. The SMILES string of the molecule is CC(=O)Nc1ccc(S(=O)(=O)NCCC2=CCCCC2)cc1Cl. The summed E-state index contributed by atoms with van der Waals surface area (Å²) in [6, 6.07) is 4.26. The van der Waals surface area contributed by atoms with Gasteiger partial charge in [0.15, 0.2) is 0 Å². The van der Waals surface area contributed by atoms with Gasteiger partial charge in [-0.25, -0.2) is 13.1 Å². The summed E-state index contributed by atoms with van der Waals surface area (Å²) in [6.07, 6.45) is 7.47. The molecule has 0 saturated carbocycles. The highest BCUT2D eigenvalue weighted by Crippen LogP contribution is 2.25. The van der Waals surface area contributed by atoms with Crippen molar-refractivity contribution in [2.75, 3.05) is 11.9 Å². The van der Waals surface area contributed by atoms with Crippen LogP contribution in [0.5, 0.6) is 0 Å². The van der Waals surface area contributed by atoms with Gasteiger partial charge in [-0.15, -0.1) is 0 Å². The molecule has 5 nitrogen and oxygen atoms in total. The Labute approximate surface area is 142 Å². The minimum atomic E-state index is -3.60. The number of hydrogen-bond acceptors (Lipinski definition) is 3. The van der Waals surface area contributed by atoms with Crippen LogP contribution in [0.25, 0.3) is 0 Å². The maximum atomic E-state index is 12.3. The first kappa shape index (κ1) is 18.0. The number of carbonyl (C=O) groups excluding carboxylic acids is 1. The zero-order chi connectivity index (χ0) is 16.9. The number of amides is 1. The van der Waals surface area contributed by atoms with Crippen molar-refractivity contribution in [3.63, 3.8) is 0 Å². The molecule has 0 atom stereocenters. The number of rotatable bonds is 6. The highest BCUT2D eigenvalue weighted by molar-refractivity contribution is 7.89. The van der Waals surface area contributed by atoms with Crippen LogP contribution in [0.4, 0.5) is 5.69 Å². The molecule has 1 aliphatic carbocycles. The zero-order valence-electron chi connectivity index (χ0n) is 13.1. The van der Waals surface area contributed by atoms with Crippen molar-refractivity contribution in [1.29, 1.82) is 0 Å². The molecule has 1 aromatic carbocycles. The van der Waals surface area contributed by atoms with Crippen LogP contribution in [0.1, 0.15) is 39.0 Å². The van der Waals surface area contributed by atoms with Crippen LogP contribution in [-0.4, -0.2) is 20.9 Å². The first-order chi connectivity index (χ1) is 10.9. The van der Waals surface area contributed by atoms with Crippen molar-refractivity contribution in [3.05, 3.63) is 34.9 Å². The summed E-state index contributed by atoms with van der Waals surface area (Å²) in [6.45, 7) is 1.74. The number of anilines is 1. The average Bonchev–Trinajstić information content (AvgIpc) is 2.49. The Balaban J connectivity index is 2.00. The fraction of sp³-hybridized carbons (Fsp3) is 0.438. The number of halogens is 1. The standard InChI is InChI=1S/C16H21ClN2O3S/c1-12(20)19-16-8-7-14(11-15(16)17)23(21,22)18-10-9-13-5-3-2-4-6-13/h5,7-8,11,18H,2-4,6,9-10H2,1H3,(H,19,20). The fourth-order valence-corrected chi connectivity index (χ4v) is 3.87. The minimum Gasteiger partial charge on any atom is -0.325 e. The summed E-state index contributed by atoms with van der Waals surface area (Å²) in [5, 5.41) is 2.74. The van der Waals surface area contributed by atoms with E-state index in [2.05, 4.69) is 16.1 Å². The monoisotopic (exact) mass is 356 g/mol. The van der Waals surface area contributed by atoms with Crippen molar-refractivity contribution in [3.8, 4) is 0 Å². The summed E-state index contributed by atoms with van der Waals surface area (Å²) in [4.78, 5) is 11.1. The van der Waals surface area contributed by atoms with Gasteiger partial charge in [0, 0.05) is 13.5 Å². The third-order valence-electron chi connectivity index (χ3n) is 3.68. The van der Waals surface area contributed by atoms with Crippen LogP contribution in [0, 0.1) is 0 Å². The second-order valence-corrected chi connectivity index (χ2v) is 7.75. The van der Waals surface area contributed by atoms with Gasteiger partial charge in [0.1, 0.15) is 0 Å². The van der Waals surface area contributed by atoms with E-state index in [9.17, 15) is 13.2 Å². The normalized spacial score (nSPS) is 15.1. The predicted octanol–water partition coefficient (Wildman–Crippen LogP) is 3.47. The van der Waals surface area contributed by atoms with E-state index in [0.717, 1.165) is 19.3 Å². The van der Waals surface area contributed by atoms with Gasteiger partial charge in [-0.2, -0.15) is 0 Å². The second-order valence-electron chi connectivity index (χ2n) is 5.58. The van der Waals surface area contributed by atoms with Gasteiger partial charge in [0.05, 0.1) is 15.6 Å². The molecule has 126 valence electrons. The Morgan fingerprint density at radius 1 is 1.30 bits per heavy atom. The molecule has 7 heteroatoms. The molecule has 1 amide bonds. The van der Waals surface area contributed by atoms with Crippen LogP contribution in [0.15, 0.2) is 34.7 Å². The van der Waals surface area contributed by atoms with E-state index in [0.29, 0.717) is 12.2 Å². The van der Waals surface area contributed by atoms with Gasteiger partial charge >= 0.3 is 0 Å². The van der Waals surface area contributed by atoms with Gasteiger partial charge in [0.25, 0.3) is 0 Å². The van der Waals surface area contributed by atoms with E-state index in [1.165, 1.54) is 43.5 Å². The Morgan fingerprint density at radius 3 is 2.70 bits per heavy atom. The molecule has 0 heterocycles. The van der Waals surface area contributed by atoms with Gasteiger partial charge in [-0.3, -0.25) is 4.79 Å². The summed E-state index contributed by atoms with van der Waals surface area (Å²) < 4.78 is 27.2. The van der Waals surface area contributed by atoms with Crippen molar-refractivity contribution in [2.45, 2.75) is 43.9 Å². The number of sulfonamides is 1. The van der Waals surface area contributed by atoms with Crippen molar-refractivity contribution in [1.82, 2.24) is 4.72 Å². The molecule has 2 N–H and O–H groups in total. The number of allylic oxidation sites excluding steroid dienone is 1. The lowest BCUT2D eigenvalue weighted by Gasteiger charge is -2.13. The fourth-order valence-electron chi connectivity index (χ4n) is 2.52. The Kier molecular flexibility index (Phi) is 6.21. The van der Waals surface area contributed by atoms with Gasteiger partial charge in [-0.05, 0) is 50.3 Å². The molecular formula is C16H21ClN2O3S. The van der Waals surface area contributed by atoms with Gasteiger partial charge in [-0.1, -0.05) is 23.3 Å². The largest absolute Gasteiger partial charge is 0.325 e. The predicted molar refractivity (Wildman–Crippen MR) is 92.1 cm³/mol. The Bertz CT molecular complexity index is 714. The number of carbonyl (C=O) groups is 1. The van der Waals surface area contributed by atoms with Crippen LogP contribution in [-0.2, 0) is 14.8 Å². The molecule has 1 aromatic rings. The molecule has 23 heavy (non-hydrogen) atoms. The highest BCUT2D eigenvalue weighted by Gasteiger charge is 2.16. The number of benzene rings is 1. The molecule has 1 aliphatic rings. The molecule has 0 bridgehead atoms. The van der Waals surface area contributed by atoms with E-state index in [1.807, 2.05) is 0 Å². The molecule has 0 aromatic heterocycles. The Hall–Kier alpha value is -1.37. The van der Waals surface area contributed by atoms with E-state index >= 15 is 0 Å². The number of hydrogen-bond donors (Lipinski definition) is 2. The highest BCUT2D eigenvalue weighted by atomic mass is 35.5. The lowest BCUT2D eigenvalue weighted by molar-refractivity contribution is -0.114. The van der Waals surface area contributed by atoms with E-state index in [4.69, 9.17) is 11.6 Å². The first-order valence-corrected chi connectivity index (χ1v) is 9.49. The lowest BCUT2D eigenvalue weighted by atomic mass is 9.97. The second kappa shape index (κ2) is 7.95. The molecule has 0 aliphatic heterocycles. The average molecular weight is 357 g/mol. The summed E-state index contributed by atoms with van der Waals surface area (Å²) in [5.74, 6) is -0.263. The quantitative estimate of drug-likeness (QED) is 0.766. The molecule has 0 unspecified atom stereocenters. The maximum Gasteiger partial charge on any atom is 0.240 e. The van der Waals surface area contributed by atoms with Crippen molar-refractivity contribution in [2.24, 2.45) is 0 Å². The van der Waals surface area contributed by atoms with Crippen molar-refractivity contribution < 1.29 is 13.2 Å². The van der Waals surface area contributed by atoms with Crippen molar-refractivity contribution >= 4 is 33.2 Å². The summed E-state index contributed by atoms with van der Waals surface area (Å²) in [7, 11) is -3.60. The zero-order valence-corrected chi connectivity index (χ0v) is 14.6. The van der Waals surface area contributed by atoms with Crippen LogP contribution < -0.4 is 10.0 Å².